The first-order valence-electron chi connectivity index (χ1n) is 7.45. The van der Waals surface area contributed by atoms with E-state index in [0.29, 0.717) is 19.5 Å². The maximum absolute atomic E-state index is 12.7. The van der Waals surface area contributed by atoms with Crippen molar-refractivity contribution in [3.63, 3.8) is 0 Å². The van der Waals surface area contributed by atoms with E-state index in [1.807, 2.05) is 0 Å². The van der Waals surface area contributed by atoms with Gasteiger partial charge in [-0.15, -0.1) is 11.3 Å². The van der Waals surface area contributed by atoms with Gasteiger partial charge in [-0.2, -0.15) is 4.31 Å². The fraction of sp³-hybridized carbons (Fsp3) is 0.571. The molecule has 0 aliphatic carbocycles. The SMILES string of the molecule is O=C(O[C@@H]1CCOC1=O)c1sccc1S(=O)(=O)N1CCCCC1. The molecule has 0 unspecified atom stereocenters. The molecule has 7 nitrogen and oxygen atoms in total. The van der Waals surface area contributed by atoms with E-state index >= 15 is 0 Å². The van der Waals surface area contributed by atoms with Crippen LogP contribution in [-0.2, 0) is 24.3 Å². The Bertz CT molecular complexity index is 705. The van der Waals surface area contributed by atoms with E-state index in [4.69, 9.17) is 9.47 Å². The van der Waals surface area contributed by atoms with Gasteiger partial charge < -0.3 is 9.47 Å². The van der Waals surface area contributed by atoms with E-state index < -0.39 is 28.1 Å². The van der Waals surface area contributed by atoms with Gasteiger partial charge in [0.05, 0.1) is 6.61 Å². The summed E-state index contributed by atoms with van der Waals surface area (Å²) in [6.45, 7) is 1.13. The summed E-state index contributed by atoms with van der Waals surface area (Å²) in [6.07, 6.45) is 1.99. The van der Waals surface area contributed by atoms with Gasteiger partial charge in [0, 0.05) is 19.5 Å². The third-order valence-corrected chi connectivity index (χ3v) is 6.85. The van der Waals surface area contributed by atoms with Crippen LogP contribution in [0.1, 0.15) is 35.4 Å². The molecule has 0 N–H and O–H groups in total. The van der Waals surface area contributed by atoms with Crippen LogP contribution >= 0.6 is 11.3 Å². The number of carbonyl (C=O) groups excluding carboxylic acids is 2. The summed E-state index contributed by atoms with van der Waals surface area (Å²) in [6, 6.07) is 1.41. The zero-order chi connectivity index (χ0) is 16.4. The number of carbonyl (C=O) groups is 2. The number of ether oxygens (including phenoxy) is 2. The fourth-order valence-corrected chi connectivity index (χ4v) is 5.45. The summed E-state index contributed by atoms with van der Waals surface area (Å²) in [5.41, 5.74) is 0. The van der Waals surface area contributed by atoms with Gasteiger partial charge in [0.25, 0.3) is 0 Å². The Morgan fingerprint density at radius 3 is 2.70 bits per heavy atom. The first-order chi connectivity index (χ1) is 11.0. The molecule has 126 valence electrons. The Morgan fingerprint density at radius 1 is 1.30 bits per heavy atom. The van der Waals surface area contributed by atoms with E-state index in [-0.39, 0.29) is 16.4 Å². The van der Waals surface area contributed by atoms with Gasteiger partial charge in [-0.25, -0.2) is 18.0 Å². The van der Waals surface area contributed by atoms with Crippen LogP contribution in [0.4, 0.5) is 0 Å². The largest absolute Gasteiger partial charge is 0.463 e. The molecule has 23 heavy (non-hydrogen) atoms. The molecule has 2 fully saturated rings. The molecular weight excluding hydrogens is 342 g/mol. The summed E-state index contributed by atoms with van der Waals surface area (Å²) >= 11 is 1.00. The maximum atomic E-state index is 12.7. The summed E-state index contributed by atoms with van der Waals surface area (Å²) in [5, 5.41) is 1.54. The van der Waals surface area contributed by atoms with Crippen LogP contribution in [0.25, 0.3) is 0 Å². The molecule has 0 bridgehead atoms. The predicted octanol–water partition coefficient (Wildman–Crippen LogP) is 1.39. The van der Waals surface area contributed by atoms with Crippen LogP contribution in [0, 0.1) is 0 Å². The van der Waals surface area contributed by atoms with Crippen LogP contribution in [-0.4, -0.2) is 50.5 Å². The highest BCUT2D eigenvalue weighted by Crippen LogP contribution is 2.28. The third kappa shape index (κ3) is 3.26. The minimum Gasteiger partial charge on any atom is -0.463 e. The molecular formula is C14H17NO6S2. The molecule has 0 saturated carbocycles. The van der Waals surface area contributed by atoms with Crippen molar-refractivity contribution in [3.8, 4) is 0 Å². The molecule has 0 spiro atoms. The first-order valence-corrected chi connectivity index (χ1v) is 9.77. The number of rotatable bonds is 4. The zero-order valence-corrected chi connectivity index (χ0v) is 14.0. The average molecular weight is 359 g/mol. The Kier molecular flexibility index (Phi) is 4.69. The highest BCUT2D eigenvalue weighted by atomic mass is 32.2. The lowest BCUT2D eigenvalue weighted by atomic mass is 10.2. The van der Waals surface area contributed by atoms with E-state index in [2.05, 4.69) is 0 Å². The smallest absolute Gasteiger partial charge is 0.350 e. The molecule has 0 aromatic carbocycles. The Balaban J connectivity index is 1.81. The second kappa shape index (κ2) is 6.58. The van der Waals surface area contributed by atoms with Gasteiger partial charge in [-0.05, 0) is 24.3 Å². The highest BCUT2D eigenvalue weighted by molar-refractivity contribution is 7.89. The Labute approximate surface area is 138 Å². The molecule has 2 saturated heterocycles. The molecule has 2 aliphatic rings. The van der Waals surface area contributed by atoms with Gasteiger partial charge in [0.2, 0.25) is 16.1 Å². The maximum Gasteiger partial charge on any atom is 0.350 e. The number of sulfonamides is 1. The van der Waals surface area contributed by atoms with Crippen LogP contribution in [0.5, 0.6) is 0 Å². The lowest BCUT2D eigenvalue weighted by Crippen LogP contribution is -2.36. The van der Waals surface area contributed by atoms with E-state index in [1.165, 1.54) is 10.4 Å². The molecule has 0 radical (unpaired) electrons. The van der Waals surface area contributed by atoms with Crippen LogP contribution in [0.15, 0.2) is 16.3 Å². The van der Waals surface area contributed by atoms with Crippen molar-refractivity contribution in [2.75, 3.05) is 19.7 Å². The van der Waals surface area contributed by atoms with E-state index in [0.717, 1.165) is 30.6 Å². The van der Waals surface area contributed by atoms with Gasteiger partial charge in [-0.1, -0.05) is 6.42 Å². The van der Waals surface area contributed by atoms with Crippen molar-refractivity contribution in [1.29, 1.82) is 0 Å². The molecule has 2 aliphatic heterocycles. The molecule has 1 aromatic heterocycles. The van der Waals surface area contributed by atoms with Crippen molar-refractivity contribution >= 4 is 33.3 Å². The second-order valence-electron chi connectivity index (χ2n) is 5.43. The van der Waals surface area contributed by atoms with Gasteiger partial charge in [-0.3, -0.25) is 0 Å². The quantitative estimate of drug-likeness (QED) is 0.755. The van der Waals surface area contributed by atoms with Crippen LogP contribution in [0.2, 0.25) is 0 Å². The molecule has 0 amide bonds. The summed E-state index contributed by atoms with van der Waals surface area (Å²) in [5.74, 6) is -1.38. The highest BCUT2D eigenvalue weighted by Gasteiger charge is 2.35. The standard InChI is InChI=1S/C14H17NO6S2/c16-13-10(4-8-20-13)21-14(17)12-11(5-9-22-12)23(18,19)15-6-2-1-3-7-15/h5,9-10H,1-4,6-8H2/t10-/m1/s1. The molecule has 1 atom stereocenters. The van der Waals surface area contributed by atoms with Gasteiger partial charge in [0.1, 0.15) is 9.77 Å². The van der Waals surface area contributed by atoms with Crippen LogP contribution in [0.3, 0.4) is 0 Å². The van der Waals surface area contributed by atoms with Crippen molar-refractivity contribution < 1.29 is 27.5 Å². The number of piperidine rings is 1. The Morgan fingerprint density at radius 2 is 2.04 bits per heavy atom. The van der Waals surface area contributed by atoms with E-state index in [1.54, 1.807) is 5.38 Å². The number of cyclic esters (lactones) is 1. The number of hydrogen-bond donors (Lipinski definition) is 0. The predicted molar refractivity (Wildman–Crippen MR) is 81.7 cm³/mol. The van der Waals surface area contributed by atoms with Crippen molar-refractivity contribution in [2.45, 2.75) is 36.7 Å². The normalized spacial score (nSPS) is 22.8. The minimum atomic E-state index is -3.71. The summed E-state index contributed by atoms with van der Waals surface area (Å²) in [7, 11) is -3.71. The number of esters is 2. The fourth-order valence-electron chi connectivity index (χ4n) is 2.66. The molecule has 1 aromatic rings. The van der Waals surface area contributed by atoms with Crippen molar-refractivity contribution in [1.82, 2.24) is 4.31 Å². The van der Waals surface area contributed by atoms with E-state index in [9.17, 15) is 18.0 Å². The van der Waals surface area contributed by atoms with Crippen LogP contribution < -0.4 is 0 Å². The third-order valence-electron chi connectivity index (χ3n) is 3.88. The van der Waals surface area contributed by atoms with Crippen molar-refractivity contribution in [3.05, 3.63) is 16.3 Å². The first kappa shape index (κ1) is 16.4. The topological polar surface area (TPSA) is 90.0 Å². The summed E-state index contributed by atoms with van der Waals surface area (Å²) in [4.78, 5) is 23.6. The molecule has 9 heteroatoms. The molecule has 3 rings (SSSR count). The molecule has 3 heterocycles. The monoisotopic (exact) mass is 359 g/mol. The van der Waals surface area contributed by atoms with Crippen molar-refractivity contribution in [2.24, 2.45) is 0 Å². The van der Waals surface area contributed by atoms with Gasteiger partial charge >= 0.3 is 11.9 Å². The Hall–Kier alpha value is -1.45. The van der Waals surface area contributed by atoms with Gasteiger partial charge in [0.15, 0.2) is 0 Å². The minimum absolute atomic E-state index is 0.00951. The summed E-state index contributed by atoms with van der Waals surface area (Å²) < 4.78 is 36.7. The average Bonchev–Trinajstić information content (AvgIpc) is 3.18. The number of nitrogens with zero attached hydrogens (tertiary/aromatic N) is 1. The zero-order valence-electron chi connectivity index (χ0n) is 12.4. The lowest BCUT2D eigenvalue weighted by Gasteiger charge is -2.25. The number of hydrogen-bond acceptors (Lipinski definition) is 7. The lowest BCUT2D eigenvalue weighted by molar-refractivity contribution is -0.145. The number of thiophene rings is 1. The second-order valence-corrected chi connectivity index (χ2v) is 8.25.